The number of hydrogen-bond donors (Lipinski definition) is 2. The van der Waals surface area contributed by atoms with E-state index in [-0.39, 0.29) is 22.7 Å². The van der Waals surface area contributed by atoms with Crippen LogP contribution < -0.4 is 10.5 Å². The molecule has 1 fully saturated rings. The fourth-order valence-corrected chi connectivity index (χ4v) is 4.06. The second-order valence-electron chi connectivity index (χ2n) is 7.49. The van der Waals surface area contributed by atoms with Crippen molar-refractivity contribution in [3.63, 3.8) is 0 Å². The van der Waals surface area contributed by atoms with E-state index < -0.39 is 10.0 Å². The van der Waals surface area contributed by atoms with E-state index in [0.29, 0.717) is 24.3 Å². The maximum absolute atomic E-state index is 13.9. The molecule has 0 bridgehead atoms. The molecular formula is C21H27FN4O3S. The fourth-order valence-electron chi connectivity index (χ4n) is 3.54. The van der Waals surface area contributed by atoms with Crippen LogP contribution in [0.25, 0.3) is 0 Å². The normalized spacial score (nSPS) is 17.3. The molecule has 0 radical (unpaired) electrons. The van der Waals surface area contributed by atoms with Crippen molar-refractivity contribution in [1.29, 1.82) is 0 Å². The molecule has 30 heavy (non-hydrogen) atoms. The molecule has 0 saturated carbocycles. The van der Waals surface area contributed by atoms with Crippen molar-refractivity contribution in [2.24, 2.45) is 5.14 Å². The number of halogens is 1. The number of nitrogens with zero attached hydrogens (tertiary/aromatic N) is 2. The van der Waals surface area contributed by atoms with Gasteiger partial charge in [0.25, 0.3) is 0 Å². The third kappa shape index (κ3) is 5.85. The standard InChI is InChI=1S/C21H27FN4O3S/c1-16(21(27)24-18-7-9-19(10-8-18)30(23,28)29)26-12-4-11-25(13-14-26)15-17-5-2-3-6-20(17)22/h2-3,5-10,16H,4,11-15H2,1H3,(H,24,27)(H2,23,28,29). The molecule has 1 unspecified atom stereocenters. The second kappa shape index (κ2) is 9.65. The summed E-state index contributed by atoms with van der Waals surface area (Å²) in [6.45, 7) is 5.46. The topological polar surface area (TPSA) is 95.7 Å². The van der Waals surface area contributed by atoms with Crippen LogP contribution in [0.15, 0.2) is 53.4 Å². The summed E-state index contributed by atoms with van der Waals surface area (Å²) in [5.74, 6) is -0.360. The molecule has 9 heteroatoms. The van der Waals surface area contributed by atoms with Crippen molar-refractivity contribution in [3.8, 4) is 0 Å². The zero-order chi connectivity index (χ0) is 21.7. The first-order valence-electron chi connectivity index (χ1n) is 9.87. The predicted octanol–water partition coefficient (Wildman–Crippen LogP) is 2.01. The number of carbonyl (C=O) groups is 1. The smallest absolute Gasteiger partial charge is 0.241 e. The summed E-state index contributed by atoms with van der Waals surface area (Å²) in [7, 11) is -3.77. The first kappa shape index (κ1) is 22.4. The summed E-state index contributed by atoms with van der Waals surface area (Å²) >= 11 is 0. The number of primary sulfonamides is 1. The van der Waals surface area contributed by atoms with Gasteiger partial charge in [0.15, 0.2) is 0 Å². The Balaban J connectivity index is 1.55. The van der Waals surface area contributed by atoms with Crippen molar-refractivity contribution in [3.05, 3.63) is 59.9 Å². The molecule has 1 amide bonds. The Hall–Kier alpha value is -2.33. The first-order chi connectivity index (χ1) is 14.2. The average molecular weight is 435 g/mol. The van der Waals surface area contributed by atoms with Gasteiger partial charge in [0.1, 0.15) is 5.82 Å². The molecule has 2 aromatic carbocycles. The van der Waals surface area contributed by atoms with Crippen molar-refractivity contribution in [1.82, 2.24) is 9.80 Å². The first-order valence-corrected chi connectivity index (χ1v) is 11.4. The highest BCUT2D eigenvalue weighted by atomic mass is 32.2. The molecule has 2 aromatic rings. The van der Waals surface area contributed by atoms with Crippen LogP contribution in [0.3, 0.4) is 0 Å². The summed E-state index contributed by atoms with van der Waals surface area (Å²) in [6, 6.07) is 12.2. The molecule has 1 atom stereocenters. The van der Waals surface area contributed by atoms with Gasteiger partial charge in [-0.3, -0.25) is 14.6 Å². The van der Waals surface area contributed by atoms with Crippen LogP contribution in [-0.4, -0.2) is 56.3 Å². The third-order valence-electron chi connectivity index (χ3n) is 5.35. The lowest BCUT2D eigenvalue weighted by Gasteiger charge is -2.27. The predicted molar refractivity (Wildman–Crippen MR) is 114 cm³/mol. The summed E-state index contributed by atoms with van der Waals surface area (Å²) in [6.07, 6.45) is 0.884. The maximum atomic E-state index is 13.9. The van der Waals surface area contributed by atoms with Gasteiger partial charge < -0.3 is 5.32 Å². The van der Waals surface area contributed by atoms with Crippen molar-refractivity contribution < 1.29 is 17.6 Å². The van der Waals surface area contributed by atoms with E-state index in [4.69, 9.17) is 5.14 Å². The number of benzene rings is 2. The minimum absolute atomic E-state index is 0.00369. The Labute approximate surface area is 176 Å². The average Bonchev–Trinajstić information content (AvgIpc) is 2.94. The van der Waals surface area contributed by atoms with Crippen molar-refractivity contribution in [2.45, 2.75) is 30.8 Å². The van der Waals surface area contributed by atoms with E-state index in [1.165, 1.54) is 30.3 Å². The molecule has 3 rings (SSSR count). The van der Waals surface area contributed by atoms with Gasteiger partial charge in [-0.05, 0) is 50.2 Å². The molecule has 0 aromatic heterocycles. The summed E-state index contributed by atoms with van der Waals surface area (Å²) in [4.78, 5) is 17.0. The zero-order valence-corrected chi connectivity index (χ0v) is 17.7. The highest BCUT2D eigenvalue weighted by Gasteiger charge is 2.24. The van der Waals surface area contributed by atoms with Gasteiger partial charge in [0.2, 0.25) is 15.9 Å². The number of amides is 1. The Morgan fingerprint density at radius 2 is 1.80 bits per heavy atom. The maximum Gasteiger partial charge on any atom is 0.241 e. The van der Waals surface area contributed by atoms with E-state index in [0.717, 1.165) is 26.1 Å². The minimum Gasteiger partial charge on any atom is -0.325 e. The number of hydrogen-bond acceptors (Lipinski definition) is 5. The molecule has 3 N–H and O–H groups in total. The largest absolute Gasteiger partial charge is 0.325 e. The van der Waals surface area contributed by atoms with Gasteiger partial charge in [-0.1, -0.05) is 18.2 Å². The molecule has 1 aliphatic rings. The zero-order valence-electron chi connectivity index (χ0n) is 16.9. The van der Waals surface area contributed by atoms with E-state index in [1.54, 1.807) is 12.1 Å². The van der Waals surface area contributed by atoms with Gasteiger partial charge in [-0.15, -0.1) is 0 Å². The molecule has 162 valence electrons. The van der Waals surface area contributed by atoms with E-state index in [9.17, 15) is 17.6 Å². The van der Waals surface area contributed by atoms with Gasteiger partial charge in [-0.2, -0.15) is 0 Å². The molecular weight excluding hydrogens is 407 g/mol. The molecule has 7 nitrogen and oxygen atoms in total. The Morgan fingerprint density at radius 3 is 2.47 bits per heavy atom. The van der Waals surface area contributed by atoms with E-state index >= 15 is 0 Å². The van der Waals surface area contributed by atoms with Crippen LogP contribution in [0.1, 0.15) is 18.9 Å². The Kier molecular flexibility index (Phi) is 7.19. The van der Waals surface area contributed by atoms with Crippen molar-refractivity contribution in [2.75, 3.05) is 31.5 Å². The van der Waals surface area contributed by atoms with Crippen LogP contribution in [-0.2, 0) is 21.4 Å². The summed E-state index contributed by atoms with van der Waals surface area (Å²) < 4.78 is 36.6. The van der Waals surface area contributed by atoms with Crippen LogP contribution >= 0.6 is 0 Å². The van der Waals surface area contributed by atoms with Gasteiger partial charge in [-0.25, -0.2) is 17.9 Å². The number of nitrogens with one attached hydrogen (secondary N) is 1. The molecule has 1 aliphatic heterocycles. The van der Waals surface area contributed by atoms with Gasteiger partial charge in [0, 0.05) is 37.4 Å². The lowest BCUT2D eigenvalue weighted by atomic mass is 10.2. The number of rotatable bonds is 6. The molecule has 1 heterocycles. The van der Waals surface area contributed by atoms with Crippen LogP contribution in [0, 0.1) is 5.82 Å². The SMILES string of the molecule is CC(C(=O)Nc1ccc(S(N)(=O)=O)cc1)N1CCCN(Cc2ccccc2F)CC1. The lowest BCUT2D eigenvalue weighted by Crippen LogP contribution is -2.43. The molecule has 1 saturated heterocycles. The Morgan fingerprint density at radius 1 is 1.10 bits per heavy atom. The van der Waals surface area contributed by atoms with E-state index in [1.807, 2.05) is 13.0 Å². The van der Waals surface area contributed by atoms with Gasteiger partial charge in [0.05, 0.1) is 10.9 Å². The molecule has 0 aliphatic carbocycles. The third-order valence-corrected chi connectivity index (χ3v) is 6.28. The van der Waals surface area contributed by atoms with Crippen molar-refractivity contribution >= 4 is 21.6 Å². The van der Waals surface area contributed by atoms with Gasteiger partial charge >= 0.3 is 0 Å². The fraction of sp³-hybridized carbons (Fsp3) is 0.381. The highest BCUT2D eigenvalue weighted by molar-refractivity contribution is 7.89. The summed E-state index contributed by atoms with van der Waals surface area (Å²) in [5.41, 5.74) is 1.19. The second-order valence-corrected chi connectivity index (χ2v) is 9.05. The summed E-state index contributed by atoms with van der Waals surface area (Å²) in [5, 5.41) is 7.91. The molecule has 0 spiro atoms. The quantitative estimate of drug-likeness (QED) is 0.725. The van der Waals surface area contributed by atoms with E-state index in [2.05, 4.69) is 15.1 Å². The monoisotopic (exact) mass is 434 g/mol. The van der Waals surface area contributed by atoms with Crippen LogP contribution in [0.2, 0.25) is 0 Å². The number of carbonyl (C=O) groups excluding carboxylic acids is 1. The number of nitrogens with two attached hydrogens (primary N) is 1. The Bertz CT molecular complexity index is 982. The highest BCUT2D eigenvalue weighted by Crippen LogP contribution is 2.16. The number of anilines is 1. The minimum atomic E-state index is -3.77. The van der Waals surface area contributed by atoms with Crippen LogP contribution in [0.5, 0.6) is 0 Å². The lowest BCUT2D eigenvalue weighted by molar-refractivity contribution is -0.120. The van der Waals surface area contributed by atoms with Crippen LogP contribution in [0.4, 0.5) is 10.1 Å². The number of sulfonamides is 1.